The van der Waals surface area contributed by atoms with E-state index < -0.39 is 0 Å². The van der Waals surface area contributed by atoms with Crippen molar-refractivity contribution in [2.45, 2.75) is 26.7 Å². The molecule has 0 amide bonds. The van der Waals surface area contributed by atoms with E-state index in [1.807, 2.05) is 42.6 Å². The predicted molar refractivity (Wildman–Crippen MR) is 105 cm³/mol. The molecule has 3 nitrogen and oxygen atoms in total. The van der Waals surface area contributed by atoms with Crippen molar-refractivity contribution in [2.24, 2.45) is 23.7 Å². The Morgan fingerprint density at radius 3 is 2.69 bits per heavy atom. The number of aliphatic hydroxyl groups excluding tert-OH is 1. The smallest absolute Gasteiger partial charge is 0.0998 e. The summed E-state index contributed by atoms with van der Waals surface area (Å²) in [5, 5.41) is 18.8. The molecule has 2 aromatic rings. The lowest BCUT2D eigenvalue weighted by Crippen LogP contribution is -2.30. The lowest BCUT2D eigenvalue weighted by atomic mass is 9.69. The van der Waals surface area contributed by atoms with E-state index in [4.69, 9.17) is 0 Å². The molecule has 26 heavy (non-hydrogen) atoms. The predicted octanol–water partition coefficient (Wildman–Crippen LogP) is 4.92. The molecule has 1 aliphatic rings. The van der Waals surface area contributed by atoms with E-state index in [-0.39, 0.29) is 6.61 Å². The van der Waals surface area contributed by atoms with Crippen molar-refractivity contribution in [3.63, 3.8) is 0 Å². The van der Waals surface area contributed by atoms with Gasteiger partial charge in [0.1, 0.15) is 0 Å². The summed E-state index contributed by atoms with van der Waals surface area (Å²) in [7, 11) is 0. The summed E-state index contributed by atoms with van der Waals surface area (Å²) in [5.41, 5.74) is 3.46. The molecule has 0 saturated heterocycles. The third kappa shape index (κ3) is 4.03. The Bertz CT molecular complexity index is 804. The van der Waals surface area contributed by atoms with Gasteiger partial charge in [0.25, 0.3) is 0 Å². The maximum atomic E-state index is 9.52. The second-order valence-corrected chi connectivity index (χ2v) is 7.51. The van der Waals surface area contributed by atoms with Crippen LogP contribution in [0.25, 0.3) is 17.2 Å². The van der Waals surface area contributed by atoms with Gasteiger partial charge in [-0.1, -0.05) is 44.2 Å². The van der Waals surface area contributed by atoms with Crippen LogP contribution in [0.15, 0.2) is 48.7 Å². The van der Waals surface area contributed by atoms with Gasteiger partial charge in [-0.2, -0.15) is 5.26 Å². The van der Waals surface area contributed by atoms with Crippen molar-refractivity contribution in [1.29, 1.82) is 5.26 Å². The molecule has 4 atom stereocenters. The van der Waals surface area contributed by atoms with Crippen LogP contribution < -0.4 is 0 Å². The first-order valence-electron chi connectivity index (χ1n) is 9.37. The van der Waals surface area contributed by atoms with Gasteiger partial charge in [-0.25, -0.2) is 0 Å². The molecule has 1 aromatic heterocycles. The summed E-state index contributed by atoms with van der Waals surface area (Å²) in [5.74, 6) is 2.15. The fraction of sp³-hybridized carbons (Fsp3) is 0.391. The first kappa shape index (κ1) is 18.4. The summed E-state index contributed by atoms with van der Waals surface area (Å²) in [6, 6.07) is 13.8. The van der Waals surface area contributed by atoms with Gasteiger partial charge in [-0.3, -0.25) is 4.98 Å². The van der Waals surface area contributed by atoms with E-state index in [9.17, 15) is 10.4 Å². The van der Waals surface area contributed by atoms with Crippen LogP contribution in [-0.4, -0.2) is 16.7 Å². The Balaban J connectivity index is 1.75. The van der Waals surface area contributed by atoms with Crippen molar-refractivity contribution in [3.8, 4) is 17.2 Å². The van der Waals surface area contributed by atoms with Crippen molar-refractivity contribution >= 4 is 6.08 Å². The number of nitrogens with zero attached hydrogens (tertiary/aromatic N) is 2. The van der Waals surface area contributed by atoms with Crippen LogP contribution >= 0.6 is 0 Å². The zero-order chi connectivity index (χ0) is 18.5. The van der Waals surface area contributed by atoms with E-state index in [0.29, 0.717) is 29.2 Å². The van der Waals surface area contributed by atoms with Crippen LogP contribution in [-0.2, 0) is 0 Å². The van der Waals surface area contributed by atoms with E-state index in [0.717, 1.165) is 29.7 Å². The number of hydrogen-bond donors (Lipinski definition) is 1. The molecule has 3 heteroatoms. The molecule has 1 fully saturated rings. The first-order chi connectivity index (χ1) is 12.6. The normalized spacial score (nSPS) is 25.9. The Hall–Kier alpha value is -2.44. The van der Waals surface area contributed by atoms with Gasteiger partial charge in [-0.05, 0) is 54.7 Å². The van der Waals surface area contributed by atoms with Gasteiger partial charge in [0.05, 0.1) is 17.3 Å². The van der Waals surface area contributed by atoms with Crippen molar-refractivity contribution in [3.05, 3.63) is 59.9 Å². The number of rotatable bonds is 4. The van der Waals surface area contributed by atoms with Gasteiger partial charge in [-0.15, -0.1) is 0 Å². The molecule has 134 valence electrons. The Morgan fingerprint density at radius 1 is 1.19 bits per heavy atom. The third-order valence-corrected chi connectivity index (χ3v) is 5.80. The maximum Gasteiger partial charge on any atom is 0.0998 e. The van der Waals surface area contributed by atoms with Gasteiger partial charge in [0.15, 0.2) is 0 Å². The van der Waals surface area contributed by atoms with Crippen LogP contribution in [0.2, 0.25) is 0 Å². The fourth-order valence-corrected chi connectivity index (χ4v) is 3.98. The number of aliphatic hydroxyl groups is 1. The van der Waals surface area contributed by atoms with Gasteiger partial charge in [0.2, 0.25) is 0 Å². The van der Waals surface area contributed by atoms with Crippen molar-refractivity contribution in [1.82, 2.24) is 4.98 Å². The molecule has 3 rings (SSSR count). The van der Waals surface area contributed by atoms with Gasteiger partial charge >= 0.3 is 0 Å². The average molecular weight is 346 g/mol. The topological polar surface area (TPSA) is 56.9 Å². The molecule has 1 aromatic carbocycles. The molecule has 0 aliphatic heterocycles. The summed E-state index contributed by atoms with van der Waals surface area (Å²) in [6.45, 7) is 4.88. The Morgan fingerprint density at radius 2 is 2.00 bits per heavy atom. The summed E-state index contributed by atoms with van der Waals surface area (Å²) in [4.78, 5) is 4.55. The standard InChI is InChI=1S/C23H26N2O/c1-16-11-18(15-26)12-19(17(16)2)7-9-22-10-8-21(14-25-22)23-6-4-3-5-20(23)13-24/h3-10,14,16-19,26H,11-12,15H2,1-2H3/b9-7+/t16-,17+,18?,19+/m0/s1. The zero-order valence-electron chi connectivity index (χ0n) is 15.5. The van der Waals surface area contributed by atoms with Crippen LogP contribution in [0.1, 0.15) is 37.9 Å². The number of allylic oxidation sites excluding steroid dienone is 1. The highest BCUT2D eigenvalue weighted by Gasteiger charge is 2.30. The number of hydrogen-bond acceptors (Lipinski definition) is 3. The van der Waals surface area contributed by atoms with E-state index in [1.54, 1.807) is 0 Å². The highest BCUT2D eigenvalue weighted by Crippen LogP contribution is 2.38. The SMILES string of the molecule is C[C@H]1[C@H](/C=C/c2ccc(-c3ccccc3C#N)cn2)CC(CO)C[C@@H]1C. The maximum absolute atomic E-state index is 9.52. The molecular weight excluding hydrogens is 320 g/mol. The van der Waals surface area contributed by atoms with Gasteiger partial charge in [0, 0.05) is 23.9 Å². The second-order valence-electron chi connectivity index (χ2n) is 7.51. The lowest BCUT2D eigenvalue weighted by Gasteiger charge is -2.37. The average Bonchev–Trinajstić information content (AvgIpc) is 2.69. The quantitative estimate of drug-likeness (QED) is 0.854. The molecular formula is C23H26N2O. The van der Waals surface area contributed by atoms with Crippen LogP contribution in [0, 0.1) is 35.0 Å². The van der Waals surface area contributed by atoms with E-state index in [1.165, 1.54) is 0 Å². The molecule has 1 aliphatic carbocycles. The Kier molecular flexibility index (Phi) is 5.85. The highest BCUT2D eigenvalue weighted by molar-refractivity contribution is 5.70. The largest absolute Gasteiger partial charge is 0.396 e. The lowest BCUT2D eigenvalue weighted by molar-refractivity contribution is 0.107. The zero-order valence-corrected chi connectivity index (χ0v) is 15.5. The number of pyridine rings is 1. The number of nitriles is 1. The molecule has 1 heterocycles. The summed E-state index contributed by atoms with van der Waals surface area (Å²) < 4.78 is 0. The van der Waals surface area contributed by atoms with Crippen LogP contribution in [0.4, 0.5) is 0 Å². The highest BCUT2D eigenvalue weighted by atomic mass is 16.3. The summed E-state index contributed by atoms with van der Waals surface area (Å²) in [6.07, 6.45) is 8.35. The molecule has 0 bridgehead atoms. The Labute approximate surface area is 156 Å². The molecule has 0 spiro atoms. The van der Waals surface area contributed by atoms with E-state index in [2.05, 4.69) is 37.1 Å². The molecule has 0 radical (unpaired) electrons. The number of aromatic nitrogens is 1. The van der Waals surface area contributed by atoms with Crippen molar-refractivity contribution < 1.29 is 5.11 Å². The van der Waals surface area contributed by atoms with Gasteiger partial charge < -0.3 is 5.11 Å². The van der Waals surface area contributed by atoms with Crippen molar-refractivity contribution in [2.75, 3.05) is 6.61 Å². The summed E-state index contributed by atoms with van der Waals surface area (Å²) >= 11 is 0. The number of benzene rings is 1. The van der Waals surface area contributed by atoms with E-state index >= 15 is 0 Å². The molecule has 1 saturated carbocycles. The fourth-order valence-electron chi connectivity index (χ4n) is 3.98. The third-order valence-electron chi connectivity index (χ3n) is 5.80. The minimum Gasteiger partial charge on any atom is -0.396 e. The van der Waals surface area contributed by atoms with Crippen LogP contribution in [0.5, 0.6) is 0 Å². The minimum absolute atomic E-state index is 0.284. The molecule has 1 N–H and O–H groups in total. The monoisotopic (exact) mass is 346 g/mol. The minimum atomic E-state index is 0.284. The second kappa shape index (κ2) is 8.29. The van der Waals surface area contributed by atoms with Crippen LogP contribution in [0.3, 0.4) is 0 Å². The first-order valence-corrected chi connectivity index (χ1v) is 9.37. The molecule has 1 unspecified atom stereocenters.